The number of carbonyl (C=O) groups is 1. The molecular formula is C17H16N4O4S2. The zero-order chi connectivity index (χ0) is 19.4. The fraction of sp³-hybridized carbons (Fsp3) is 0.118. The third kappa shape index (κ3) is 4.88. The second kappa shape index (κ2) is 7.82. The van der Waals surface area contributed by atoms with E-state index in [-0.39, 0.29) is 10.8 Å². The first-order valence-electron chi connectivity index (χ1n) is 7.78. The minimum Gasteiger partial charge on any atom is -0.487 e. The second-order valence-corrected chi connectivity index (χ2v) is 7.72. The zero-order valence-corrected chi connectivity index (χ0v) is 15.9. The number of nitrogens with two attached hydrogens (primary N) is 1. The van der Waals surface area contributed by atoms with Crippen LogP contribution in [0.5, 0.6) is 5.75 Å². The molecular weight excluding hydrogens is 388 g/mol. The summed E-state index contributed by atoms with van der Waals surface area (Å²) in [4.78, 5) is 12.3. The van der Waals surface area contributed by atoms with E-state index in [0.29, 0.717) is 23.6 Å². The number of primary sulfonamides is 1. The van der Waals surface area contributed by atoms with Gasteiger partial charge < -0.3 is 10.1 Å². The molecule has 1 amide bonds. The Morgan fingerprint density at radius 3 is 2.33 bits per heavy atom. The van der Waals surface area contributed by atoms with Crippen LogP contribution in [0.3, 0.4) is 0 Å². The van der Waals surface area contributed by atoms with Crippen LogP contribution in [0.1, 0.15) is 21.7 Å². The van der Waals surface area contributed by atoms with Crippen LogP contribution in [0.2, 0.25) is 0 Å². The molecule has 27 heavy (non-hydrogen) atoms. The smallest absolute Gasteiger partial charge is 0.255 e. The van der Waals surface area contributed by atoms with Crippen LogP contribution >= 0.6 is 11.7 Å². The Morgan fingerprint density at radius 1 is 1.11 bits per heavy atom. The SMILES string of the molecule is Cc1nsnc1COc1ccc(C(=O)Nc2ccc(S(N)(=O)=O)cc2)cc1. The highest BCUT2D eigenvalue weighted by Gasteiger charge is 2.10. The summed E-state index contributed by atoms with van der Waals surface area (Å²) in [5.74, 6) is 0.279. The summed E-state index contributed by atoms with van der Waals surface area (Å²) < 4.78 is 36.3. The number of ether oxygens (including phenoxy) is 1. The van der Waals surface area contributed by atoms with Gasteiger partial charge >= 0.3 is 0 Å². The van der Waals surface area contributed by atoms with Crippen LogP contribution in [0.25, 0.3) is 0 Å². The molecule has 0 fully saturated rings. The first-order chi connectivity index (χ1) is 12.8. The minimum atomic E-state index is -3.76. The molecule has 1 aromatic heterocycles. The predicted octanol–water partition coefficient (Wildman–Crippen LogP) is 2.33. The number of hydrogen-bond donors (Lipinski definition) is 2. The standard InChI is InChI=1S/C17H16N4O4S2/c1-11-16(21-26-20-11)10-25-14-6-2-12(3-7-14)17(22)19-13-4-8-15(9-5-13)27(18,23)24/h2-9H,10H2,1H3,(H,19,22)(H2,18,23,24). The number of amides is 1. The van der Waals surface area contributed by atoms with Crippen molar-refractivity contribution in [3.63, 3.8) is 0 Å². The average molecular weight is 404 g/mol. The summed E-state index contributed by atoms with van der Waals surface area (Å²) in [7, 11) is -3.76. The molecule has 1 heterocycles. The highest BCUT2D eigenvalue weighted by atomic mass is 32.2. The Labute approximate surface area is 160 Å². The van der Waals surface area contributed by atoms with Gasteiger partial charge in [0.15, 0.2) is 0 Å². The largest absolute Gasteiger partial charge is 0.487 e. The lowest BCUT2D eigenvalue weighted by atomic mass is 10.2. The number of aromatic nitrogens is 2. The van der Waals surface area contributed by atoms with E-state index in [0.717, 1.165) is 23.1 Å². The Kier molecular flexibility index (Phi) is 5.49. The number of anilines is 1. The number of rotatable bonds is 6. The zero-order valence-electron chi connectivity index (χ0n) is 14.2. The summed E-state index contributed by atoms with van der Waals surface area (Å²) >= 11 is 1.14. The van der Waals surface area contributed by atoms with Gasteiger partial charge in [-0.05, 0) is 55.5 Å². The molecule has 2 aromatic carbocycles. The quantitative estimate of drug-likeness (QED) is 0.650. The monoisotopic (exact) mass is 404 g/mol. The van der Waals surface area contributed by atoms with Crippen LogP contribution < -0.4 is 15.2 Å². The van der Waals surface area contributed by atoms with Crippen molar-refractivity contribution in [1.82, 2.24) is 8.75 Å². The van der Waals surface area contributed by atoms with Gasteiger partial charge in [0.1, 0.15) is 18.1 Å². The Hall–Kier alpha value is -2.82. The van der Waals surface area contributed by atoms with Crippen molar-refractivity contribution in [3.05, 3.63) is 65.5 Å². The van der Waals surface area contributed by atoms with E-state index >= 15 is 0 Å². The maximum atomic E-state index is 12.3. The van der Waals surface area contributed by atoms with E-state index < -0.39 is 10.0 Å². The Bertz CT molecular complexity index is 1050. The van der Waals surface area contributed by atoms with Crippen molar-refractivity contribution in [3.8, 4) is 5.75 Å². The van der Waals surface area contributed by atoms with Crippen LogP contribution in [-0.4, -0.2) is 23.1 Å². The topological polar surface area (TPSA) is 124 Å². The van der Waals surface area contributed by atoms with E-state index in [1.54, 1.807) is 24.3 Å². The molecule has 0 saturated heterocycles. The Balaban J connectivity index is 1.61. The molecule has 0 spiro atoms. The molecule has 0 saturated carbocycles. The highest BCUT2D eigenvalue weighted by Crippen LogP contribution is 2.17. The third-order valence-corrected chi connectivity index (χ3v) is 5.27. The fourth-order valence-electron chi connectivity index (χ4n) is 2.17. The number of nitrogens with one attached hydrogen (secondary N) is 1. The van der Waals surface area contributed by atoms with Gasteiger partial charge in [-0.2, -0.15) is 8.75 Å². The molecule has 10 heteroatoms. The van der Waals surface area contributed by atoms with E-state index in [1.165, 1.54) is 24.3 Å². The van der Waals surface area contributed by atoms with Crippen molar-refractivity contribution in [1.29, 1.82) is 0 Å². The van der Waals surface area contributed by atoms with E-state index in [2.05, 4.69) is 14.1 Å². The lowest BCUT2D eigenvalue weighted by Gasteiger charge is -2.08. The van der Waals surface area contributed by atoms with Gasteiger partial charge in [-0.1, -0.05) is 0 Å². The van der Waals surface area contributed by atoms with Crippen molar-refractivity contribution in [2.24, 2.45) is 5.14 Å². The van der Waals surface area contributed by atoms with Gasteiger partial charge in [0.05, 0.1) is 22.3 Å². The van der Waals surface area contributed by atoms with Crippen molar-refractivity contribution < 1.29 is 17.9 Å². The number of aryl methyl sites for hydroxylation is 1. The van der Waals surface area contributed by atoms with Crippen LogP contribution in [0, 0.1) is 6.92 Å². The van der Waals surface area contributed by atoms with Gasteiger partial charge in [0.25, 0.3) is 5.91 Å². The molecule has 0 aliphatic rings. The fourth-order valence-corrected chi connectivity index (χ4v) is 3.23. The van der Waals surface area contributed by atoms with Gasteiger partial charge in [0.2, 0.25) is 10.0 Å². The maximum absolute atomic E-state index is 12.3. The molecule has 3 aromatic rings. The summed E-state index contributed by atoms with van der Waals surface area (Å²) in [6, 6.07) is 12.3. The van der Waals surface area contributed by atoms with Crippen molar-refractivity contribution in [2.45, 2.75) is 18.4 Å². The van der Waals surface area contributed by atoms with Gasteiger partial charge in [0, 0.05) is 11.3 Å². The molecule has 0 aliphatic heterocycles. The lowest BCUT2D eigenvalue weighted by molar-refractivity contribution is 0.102. The van der Waals surface area contributed by atoms with Crippen molar-refractivity contribution in [2.75, 3.05) is 5.32 Å². The molecule has 8 nitrogen and oxygen atoms in total. The molecule has 3 N–H and O–H groups in total. The lowest BCUT2D eigenvalue weighted by Crippen LogP contribution is -2.13. The molecule has 0 aliphatic carbocycles. The maximum Gasteiger partial charge on any atom is 0.255 e. The second-order valence-electron chi connectivity index (χ2n) is 5.63. The van der Waals surface area contributed by atoms with E-state index in [9.17, 15) is 13.2 Å². The number of carbonyl (C=O) groups excluding carboxylic acids is 1. The number of nitrogens with zero attached hydrogens (tertiary/aromatic N) is 2. The van der Waals surface area contributed by atoms with Crippen molar-refractivity contribution >= 4 is 33.3 Å². The summed E-state index contributed by atoms with van der Waals surface area (Å²) in [5.41, 5.74) is 2.51. The molecule has 0 unspecified atom stereocenters. The van der Waals surface area contributed by atoms with Gasteiger partial charge in [-0.15, -0.1) is 0 Å². The number of benzene rings is 2. The van der Waals surface area contributed by atoms with Gasteiger partial charge in [-0.25, -0.2) is 13.6 Å². The minimum absolute atomic E-state index is 0.0208. The van der Waals surface area contributed by atoms with Crippen LogP contribution in [0.15, 0.2) is 53.4 Å². The number of sulfonamides is 1. The summed E-state index contributed by atoms with van der Waals surface area (Å²) in [5, 5.41) is 7.73. The van der Waals surface area contributed by atoms with E-state index in [1.807, 2.05) is 6.92 Å². The molecule has 3 rings (SSSR count). The Morgan fingerprint density at radius 2 is 1.78 bits per heavy atom. The first kappa shape index (κ1) is 19.0. The number of hydrogen-bond acceptors (Lipinski definition) is 7. The average Bonchev–Trinajstić information content (AvgIpc) is 3.05. The molecule has 140 valence electrons. The van der Waals surface area contributed by atoms with E-state index in [4.69, 9.17) is 9.88 Å². The highest BCUT2D eigenvalue weighted by molar-refractivity contribution is 7.89. The normalized spacial score (nSPS) is 11.2. The van der Waals surface area contributed by atoms with Crippen LogP contribution in [-0.2, 0) is 16.6 Å². The summed E-state index contributed by atoms with van der Waals surface area (Å²) in [6.07, 6.45) is 0. The molecule has 0 atom stereocenters. The molecule has 0 radical (unpaired) electrons. The van der Waals surface area contributed by atoms with Crippen LogP contribution in [0.4, 0.5) is 5.69 Å². The first-order valence-corrected chi connectivity index (χ1v) is 10.1. The molecule has 0 bridgehead atoms. The predicted molar refractivity (Wildman–Crippen MR) is 101 cm³/mol. The van der Waals surface area contributed by atoms with Gasteiger partial charge in [-0.3, -0.25) is 4.79 Å². The summed E-state index contributed by atoms with van der Waals surface area (Å²) in [6.45, 7) is 2.18. The third-order valence-electron chi connectivity index (χ3n) is 3.68.